The molecule has 0 aliphatic carbocycles. The molecule has 1 atom stereocenters. The van der Waals surface area contributed by atoms with Crippen molar-refractivity contribution in [1.29, 1.82) is 0 Å². The van der Waals surface area contributed by atoms with E-state index < -0.39 is 60.0 Å². The lowest BCUT2D eigenvalue weighted by Gasteiger charge is -2.43. The zero-order chi connectivity index (χ0) is 31.9. The second kappa shape index (κ2) is 10.7. The van der Waals surface area contributed by atoms with Crippen LogP contribution in [0.5, 0.6) is 0 Å². The highest BCUT2D eigenvalue weighted by atomic mass is 19.4. The van der Waals surface area contributed by atoms with Crippen LogP contribution in [0, 0.1) is 0 Å². The summed E-state index contributed by atoms with van der Waals surface area (Å²) in [6, 6.07) is 12.5. The van der Waals surface area contributed by atoms with Gasteiger partial charge < -0.3 is 0 Å². The largest absolute Gasteiger partial charge is 0.460 e. The molecular weight excluding hydrogens is 611 g/mol. The van der Waals surface area contributed by atoms with Crippen LogP contribution in [0.4, 0.5) is 74.6 Å². The van der Waals surface area contributed by atoms with E-state index in [9.17, 15) is 74.6 Å². The Hall–Kier alpha value is -3.01. The van der Waals surface area contributed by atoms with Crippen molar-refractivity contribution in [3.05, 3.63) is 77.9 Å². The molecule has 0 heterocycles. The summed E-state index contributed by atoms with van der Waals surface area (Å²) in [6.45, 7) is 0. The summed E-state index contributed by atoms with van der Waals surface area (Å²) in [6.07, 6.45) is -8.66. The highest BCUT2D eigenvalue weighted by Crippen LogP contribution is 2.64. The van der Waals surface area contributed by atoms with Gasteiger partial charge in [0.05, 0.1) is 0 Å². The molecule has 0 amide bonds. The van der Waals surface area contributed by atoms with Gasteiger partial charge in [-0.1, -0.05) is 72.8 Å². The van der Waals surface area contributed by atoms with Crippen LogP contribution >= 0.6 is 0 Å². The molecule has 0 spiro atoms. The first-order valence-corrected chi connectivity index (χ1v) is 10.8. The maximum atomic E-state index is 14.6. The Morgan fingerprint density at radius 3 is 1.24 bits per heavy atom. The van der Waals surface area contributed by atoms with Crippen molar-refractivity contribution >= 4 is 6.08 Å². The van der Waals surface area contributed by atoms with Gasteiger partial charge in [0.15, 0.2) is 0 Å². The lowest BCUT2D eigenvalue weighted by Crippen LogP contribution is -2.74. The summed E-state index contributed by atoms with van der Waals surface area (Å²) in [5.41, 5.74) is -0.125. The zero-order valence-electron chi connectivity index (χ0n) is 19.6. The number of benzene rings is 2. The van der Waals surface area contributed by atoms with Gasteiger partial charge >= 0.3 is 47.6 Å². The lowest BCUT2D eigenvalue weighted by atomic mass is 9.84. The molecule has 2 aromatic rings. The highest BCUT2D eigenvalue weighted by Gasteiger charge is 2.95. The second-order valence-electron chi connectivity index (χ2n) is 8.64. The van der Waals surface area contributed by atoms with Crippen molar-refractivity contribution in [3.8, 4) is 0 Å². The Morgan fingerprint density at radius 2 is 0.829 bits per heavy atom. The molecule has 0 aliphatic rings. The fourth-order valence-corrected chi connectivity index (χ4v) is 3.39. The van der Waals surface area contributed by atoms with Crippen LogP contribution in [0.25, 0.3) is 6.08 Å². The second-order valence-corrected chi connectivity index (χ2v) is 8.64. The first-order chi connectivity index (χ1) is 18.3. The Balaban J connectivity index is 2.58. The Kier molecular flexibility index (Phi) is 8.90. The predicted octanol–water partition coefficient (Wildman–Crippen LogP) is 9.88. The molecule has 0 aliphatic heterocycles. The SMILES string of the molecule is FC(F)(F)C(F)(F)C(F)(F)C(F)(F)C(F)(F)C(F)(F)C(F)(F)C(F)(F)CC(/C=C/c1ccccc1)c1ccccc1. The average Bonchev–Trinajstić information content (AvgIpc) is 2.86. The third-order valence-electron chi connectivity index (χ3n) is 5.81. The number of hydrogen-bond acceptors (Lipinski definition) is 0. The van der Waals surface area contributed by atoms with Crippen LogP contribution in [-0.4, -0.2) is 47.6 Å². The molecule has 0 nitrogen and oxygen atoms in total. The molecular formula is C24H15F17. The molecule has 2 aromatic carbocycles. The number of halogens is 17. The molecule has 41 heavy (non-hydrogen) atoms. The van der Waals surface area contributed by atoms with Crippen molar-refractivity contribution in [1.82, 2.24) is 0 Å². The first-order valence-electron chi connectivity index (χ1n) is 10.8. The minimum Gasteiger partial charge on any atom is -0.200 e. The van der Waals surface area contributed by atoms with E-state index in [0.29, 0.717) is 6.08 Å². The topological polar surface area (TPSA) is 0 Å². The summed E-state index contributed by atoms with van der Waals surface area (Å²) >= 11 is 0. The molecule has 0 radical (unpaired) electrons. The monoisotopic (exact) mass is 626 g/mol. The van der Waals surface area contributed by atoms with Crippen molar-refractivity contribution in [3.63, 3.8) is 0 Å². The molecule has 0 saturated heterocycles. The standard InChI is InChI=1S/C24H15F17/c25-17(26,13-16(15-9-5-2-6-10-15)12-11-14-7-3-1-4-8-14)18(27,28)19(29,30)20(31,32)21(33,34)22(35,36)23(37,38)24(39,40)41/h1-12,16H,13H2/b12-11+. The molecule has 0 bridgehead atoms. The summed E-state index contributed by atoms with van der Waals surface area (Å²) < 4.78 is 231. The molecule has 0 saturated carbocycles. The predicted molar refractivity (Wildman–Crippen MR) is 110 cm³/mol. The van der Waals surface area contributed by atoms with E-state index in [1.54, 1.807) is 0 Å². The normalized spacial score (nSPS) is 15.8. The smallest absolute Gasteiger partial charge is 0.200 e. The van der Waals surface area contributed by atoms with Crippen molar-refractivity contribution < 1.29 is 74.6 Å². The van der Waals surface area contributed by atoms with Gasteiger partial charge in [-0.3, -0.25) is 0 Å². The summed E-state index contributed by atoms with van der Waals surface area (Å²) in [5, 5.41) is 0. The Morgan fingerprint density at radius 1 is 0.463 bits per heavy atom. The van der Waals surface area contributed by atoms with E-state index in [0.717, 1.165) is 30.3 Å². The summed E-state index contributed by atoms with van der Waals surface area (Å²) in [4.78, 5) is 0. The van der Waals surface area contributed by atoms with Crippen LogP contribution < -0.4 is 0 Å². The van der Waals surface area contributed by atoms with E-state index >= 15 is 0 Å². The molecule has 0 aromatic heterocycles. The van der Waals surface area contributed by atoms with Crippen LogP contribution in [0.15, 0.2) is 66.7 Å². The van der Waals surface area contributed by atoms with E-state index in [1.165, 1.54) is 36.4 Å². The van der Waals surface area contributed by atoms with Gasteiger partial charge in [-0.25, -0.2) is 0 Å². The van der Waals surface area contributed by atoms with Crippen LogP contribution in [-0.2, 0) is 0 Å². The summed E-state index contributed by atoms with van der Waals surface area (Å²) in [5.74, 6) is -58.5. The maximum Gasteiger partial charge on any atom is 0.460 e. The number of allylic oxidation sites excluding steroid dienone is 1. The van der Waals surface area contributed by atoms with Crippen LogP contribution in [0.2, 0.25) is 0 Å². The molecule has 0 N–H and O–H groups in total. The molecule has 1 unspecified atom stereocenters. The first kappa shape index (κ1) is 34.2. The zero-order valence-corrected chi connectivity index (χ0v) is 19.6. The van der Waals surface area contributed by atoms with Gasteiger partial charge in [-0.2, -0.15) is 74.6 Å². The van der Waals surface area contributed by atoms with Crippen molar-refractivity contribution in [2.75, 3.05) is 0 Å². The van der Waals surface area contributed by atoms with Crippen molar-refractivity contribution in [2.24, 2.45) is 0 Å². The van der Waals surface area contributed by atoms with Gasteiger partial charge in [0.25, 0.3) is 0 Å². The quantitative estimate of drug-likeness (QED) is 0.218. The van der Waals surface area contributed by atoms with Gasteiger partial charge in [0, 0.05) is 12.3 Å². The highest BCUT2D eigenvalue weighted by molar-refractivity contribution is 5.50. The molecule has 0 fully saturated rings. The van der Waals surface area contributed by atoms with Gasteiger partial charge in [-0.15, -0.1) is 0 Å². The average molecular weight is 626 g/mol. The van der Waals surface area contributed by atoms with Gasteiger partial charge in [-0.05, 0) is 11.1 Å². The number of rotatable bonds is 11. The van der Waals surface area contributed by atoms with Crippen molar-refractivity contribution in [2.45, 2.75) is 60.0 Å². The van der Waals surface area contributed by atoms with E-state index in [4.69, 9.17) is 0 Å². The minimum atomic E-state index is -8.64. The lowest BCUT2D eigenvalue weighted by molar-refractivity contribution is -0.461. The Labute approximate surface area is 219 Å². The third-order valence-corrected chi connectivity index (χ3v) is 5.81. The maximum absolute atomic E-state index is 14.6. The van der Waals surface area contributed by atoms with Crippen LogP contribution in [0.1, 0.15) is 23.5 Å². The number of alkyl halides is 17. The van der Waals surface area contributed by atoms with Crippen LogP contribution in [0.3, 0.4) is 0 Å². The van der Waals surface area contributed by atoms with E-state index in [-0.39, 0.29) is 11.1 Å². The molecule has 230 valence electrons. The molecule has 2 rings (SSSR count). The van der Waals surface area contributed by atoms with E-state index in [2.05, 4.69) is 0 Å². The van der Waals surface area contributed by atoms with Gasteiger partial charge in [0.1, 0.15) is 0 Å². The summed E-state index contributed by atoms with van der Waals surface area (Å²) in [7, 11) is 0. The van der Waals surface area contributed by atoms with E-state index in [1.807, 2.05) is 0 Å². The number of hydrogen-bond donors (Lipinski definition) is 0. The fraction of sp³-hybridized carbons (Fsp3) is 0.417. The minimum absolute atomic E-state index is 0.216. The Bertz CT molecular complexity index is 1180. The fourth-order valence-electron chi connectivity index (χ4n) is 3.39. The molecule has 17 heteroatoms. The van der Waals surface area contributed by atoms with Gasteiger partial charge in [0.2, 0.25) is 0 Å². The third kappa shape index (κ3) is 5.59.